The lowest BCUT2D eigenvalue weighted by molar-refractivity contribution is 0.811. The van der Waals surface area contributed by atoms with Crippen molar-refractivity contribution in [1.29, 1.82) is 0 Å². The summed E-state index contributed by atoms with van der Waals surface area (Å²) in [6.45, 7) is 14.6. The fraction of sp³-hybridized carbons (Fsp3) is 0.462. The number of thiol groups is 1. The van der Waals surface area contributed by atoms with Crippen LogP contribution in [0.4, 0.5) is 0 Å². The summed E-state index contributed by atoms with van der Waals surface area (Å²) in [6.07, 6.45) is 13.1. The van der Waals surface area contributed by atoms with Gasteiger partial charge < -0.3 is 0 Å². The molecule has 1 heteroatoms. The molecule has 27 heavy (non-hydrogen) atoms. The summed E-state index contributed by atoms with van der Waals surface area (Å²) in [5.74, 6) is 0.952. The molecule has 0 radical (unpaired) electrons. The van der Waals surface area contributed by atoms with Crippen molar-refractivity contribution < 1.29 is 0 Å². The Morgan fingerprint density at radius 1 is 1.15 bits per heavy atom. The van der Waals surface area contributed by atoms with Crippen LogP contribution in [0.3, 0.4) is 0 Å². The Balaban J connectivity index is 0.00000176. The molecule has 0 aromatic heterocycles. The van der Waals surface area contributed by atoms with Crippen LogP contribution in [0.25, 0.3) is 5.57 Å². The largest absolute Gasteiger partial charge is 0.179 e. The average Bonchev–Trinajstić information content (AvgIpc) is 2.81. The van der Waals surface area contributed by atoms with Gasteiger partial charge in [-0.2, -0.15) is 12.6 Å². The molecule has 0 unspecified atom stereocenters. The van der Waals surface area contributed by atoms with E-state index in [4.69, 9.17) is 0 Å². The zero-order chi connectivity index (χ0) is 20.2. The molecule has 0 atom stereocenters. The molecule has 0 aliphatic heterocycles. The predicted molar refractivity (Wildman–Crippen MR) is 128 cm³/mol. The van der Waals surface area contributed by atoms with Gasteiger partial charge >= 0.3 is 0 Å². The second-order valence-corrected chi connectivity index (χ2v) is 7.41. The van der Waals surface area contributed by atoms with Crippen LogP contribution in [0.1, 0.15) is 76.5 Å². The molecule has 0 saturated carbocycles. The first-order valence-electron chi connectivity index (χ1n) is 10.5. The highest BCUT2D eigenvalue weighted by atomic mass is 32.1. The number of fused-ring (bicyclic) bond motifs is 1. The summed E-state index contributed by atoms with van der Waals surface area (Å²) in [5, 5.41) is 0. The molecule has 1 aliphatic carbocycles. The Kier molecular flexibility index (Phi) is 11.2. The maximum atomic E-state index is 4.45. The summed E-state index contributed by atoms with van der Waals surface area (Å²) < 4.78 is 0. The van der Waals surface area contributed by atoms with E-state index in [0.29, 0.717) is 0 Å². The van der Waals surface area contributed by atoms with Gasteiger partial charge in [-0.1, -0.05) is 81.3 Å². The van der Waals surface area contributed by atoms with Crippen LogP contribution in [0.2, 0.25) is 0 Å². The molecule has 0 bridgehead atoms. The molecule has 0 N–H and O–H groups in total. The monoisotopic (exact) mass is 382 g/mol. The second-order valence-electron chi connectivity index (χ2n) is 6.96. The highest BCUT2D eigenvalue weighted by Gasteiger charge is 2.20. The van der Waals surface area contributed by atoms with Crippen LogP contribution < -0.4 is 0 Å². The lowest BCUT2D eigenvalue weighted by atomic mass is 9.86. The van der Waals surface area contributed by atoms with Crippen molar-refractivity contribution in [3.8, 4) is 0 Å². The summed E-state index contributed by atoms with van der Waals surface area (Å²) in [7, 11) is 0. The zero-order valence-corrected chi connectivity index (χ0v) is 19.0. The molecule has 148 valence electrons. The third kappa shape index (κ3) is 6.57. The number of allylic oxidation sites excluding steroid dienone is 7. The minimum atomic E-state index is 0.952. The van der Waals surface area contributed by atoms with E-state index in [2.05, 4.69) is 70.3 Å². The highest BCUT2D eigenvalue weighted by molar-refractivity contribution is 7.80. The normalized spacial score (nSPS) is 15.8. The molecule has 0 nitrogen and oxygen atoms in total. The van der Waals surface area contributed by atoms with Crippen molar-refractivity contribution in [3.05, 3.63) is 76.4 Å². The van der Waals surface area contributed by atoms with E-state index in [1.165, 1.54) is 46.3 Å². The van der Waals surface area contributed by atoms with Crippen LogP contribution in [-0.2, 0) is 6.42 Å². The van der Waals surface area contributed by atoms with Crippen molar-refractivity contribution in [1.82, 2.24) is 0 Å². The van der Waals surface area contributed by atoms with Gasteiger partial charge in [0.1, 0.15) is 0 Å². The maximum absolute atomic E-state index is 4.45. The van der Waals surface area contributed by atoms with E-state index in [1.807, 2.05) is 19.9 Å². The van der Waals surface area contributed by atoms with Gasteiger partial charge in [0.15, 0.2) is 0 Å². The minimum absolute atomic E-state index is 0.952. The standard InChI is InChI=1S/C24H32S.C2H6/c1-5-7-10-20-13-14-22-17-18(3)12-15-23(22)24(19(20)4)21(9-6-2)11-8-16-25;1-2/h5,7,10,12,15,17,25H,1,6,8-9,11,13-14,16H2,2-4H3;1-2H3/b10-7-,24-21-;. The first-order valence-corrected chi connectivity index (χ1v) is 11.2. The van der Waals surface area contributed by atoms with Crippen LogP contribution in [0.15, 0.2) is 59.7 Å². The molecule has 0 spiro atoms. The molecular formula is C26H38S. The second kappa shape index (κ2) is 12.8. The van der Waals surface area contributed by atoms with Gasteiger partial charge in [-0.15, -0.1) is 0 Å². The average molecular weight is 383 g/mol. The summed E-state index contributed by atoms with van der Waals surface area (Å²) in [5.41, 5.74) is 10.3. The van der Waals surface area contributed by atoms with Crippen molar-refractivity contribution in [2.45, 2.75) is 73.1 Å². The van der Waals surface area contributed by atoms with Gasteiger partial charge in [-0.05, 0) is 79.6 Å². The fourth-order valence-electron chi connectivity index (χ4n) is 3.81. The molecule has 0 fully saturated rings. The molecule has 1 aromatic rings. The van der Waals surface area contributed by atoms with E-state index in [-0.39, 0.29) is 0 Å². The van der Waals surface area contributed by atoms with E-state index < -0.39 is 0 Å². The zero-order valence-electron chi connectivity index (χ0n) is 18.1. The lowest BCUT2D eigenvalue weighted by Crippen LogP contribution is -1.99. The third-order valence-electron chi connectivity index (χ3n) is 5.03. The quantitative estimate of drug-likeness (QED) is 0.356. The molecule has 1 aliphatic rings. The number of rotatable bonds is 7. The van der Waals surface area contributed by atoms with E-state index in [1.54, 1.807) is 5.57 Å². The smallest absolute Gasteiger partial charge is 0.00949 e. The summed E-state index contributed by atoms with van der Waals surface area (Å²) in [4.78, 5) is 0. The Morgan fingerprint density at radius 2 is 1.89 bits per heavy atom. The lowest BCUT2D eigenvalue weighted by Gasteiger charge is -2.19. The van der Waals surface area contributed by atoms with Crippen molar-refractivity contribution >= 4 is 18.2 Å². The van der Waals surface area contributed by atoms with Crippen LogP contribution in [0.5, 0.6) is 0 Å². The number of aryl methyl sites for hydroxylation is 2. The maximum Gasteiger partial charge on any atom is -0.00949 e. The molecule has 2 rings (SSSR count). The van der Waals surface area contributed by atoms with E-state index in [0.717, 1.165) is 31.4 Å². The van der Waals surface area contributed by atoms with Gasteiger partial charge in [0.25, 0.3) is 0 Å². The third-order valence-corrected chi connectivity index (χ3v) is 5.34. The van der Waals surface area contributed by atoms with E-state index in [9.17, 15) is 0 Å². The predicted octanol–water partition coefficient (Wildman–Crippen LogP) is 8.29. The minimum Gasteiger partial charge on any atom is -0.179 e. The number of benzene rings is 1. The molecule has 1 aromatic carbocycles. The highest BCUT2D eigenvalue weighted by Crippen LogP contribution is 2.39. The number of hydrogen-bond acceptors (Lipinski definition) is 1. The molecule has 0 amide bonds. The van der Waals surface area contributed by atoms with Gasteiger partial charge in [-0.25, -0.2) is 0 Å². The van der Waals surface area contributed by atoms with Crippen molar-refractivity contribution in [2.24, 2.45) is 0 Å². The first kappa shape index (κ1) is 23.6. The Hall–Kier alpha value is -1.47. The molecule has 0 saturated heterocycles. The summed E-state index contributed by atoms with van der Waals surface area (Å²) >= 11 is 4.45. The van der Waals surface area contributed by atoms with Gasteiger partial charge in [0.05, 0.1) is 0 Å². The fourth-order valence-corrected chi connectivity index (χ4v) is 3.97. The van der Waals surface area contributed by atoms with Crippen molar-refractivity contribution in [2.75, 3.05) is 5.75 Å². The molecular weight excluding hydrogens is 344 g/mol. The number of hydrogen-bond donors (Lipinski definition) is 1. The van der Waals surface area contributed by atoms with Crippen LogP contribution >= 0.6 is 12.6 Å². The van der Waals surface area contributed by atoms with Crippen molar-refractivity contribution in [3.63, 3.8) is 0 Å². The summed E-state index contributed by atoms with van der Waals surface area (Å²) in [6, 6.07) is 6.99. The first-order chi connectivity index (χ1) is 13.1. The van der Waals surface area contributed by atoms with Gasteiger partial charge in [-0.3, -0.25) is 0 Å². The topological polar surface area (TPSA) is 0 Å². The van der Waals surface area contributed by atoms with Crippen LogP contribution in [0, 0.1) is 6.92 Å². The Morgan fingerprint density at radius 3 is 2.52 bits per heavy atom. The molecule has 0 heterocycles. The van der Waals surface area contributed by atoms with E-state index >= 15 is 0 Å². The van der Waals surface area contributed by atoms with Gasteiger partial charge in [0.2, 0.25) is 0 Å². The SMILES string of the molecule is C=C/C=C\C1=C(C)C(=C(\CCC)CCCS)/c2ccc(C)cc2CC1.CC. The Bertz CT molecular complexity index is 701. The Labute approximate surface area is 173 Å². The van der Waals surface area contributed by atoms with Gasteiger partial charge in [0, 0.05) is 0 Å². The van der Waals surface area contributed by atoms with Crippen LogP contribution in [-0.4, -0.2) is 5.75 Å².